The molecule has 2 heterocycles. The number of nitrogens with zero attached hydrogens (tertiary/aromatic N) is 1. The van der Waals surface area contributed by atoms with Crippen LogP contribution in [-0.4, -0.2) is 31.4 Å². The monoisotopic (exact) mass is 427 g/mol. The summed E-state index contributed by atoms with van der Waals surface area (Å²) in [5.41, 5.74) is 3.11. The molecule has 0 atom stereocenters. The van der Waals surface area contributed by atoms with Crippen LogP contribution in [0.4, 0.5) is 11.4 Å². The van der Waals surface area contributed by atoms with Crippen molar-refractivity contribution in [2.45, 2.75) is 6.92 Å². The predicted molar refractivity (Wildman–Crippen MR) is 108 cm³/mol. The molecule has 1 aliphatic heterocycles. The Bertz CT molecular complexity index is 1030. The Morgan fingerprint density at radius 3 is 2.74 bits per heavy atom. The molecule has 4 rings (SSSR count). The average Bonchev–Trinajstić information content (AvgIpc) is 2.99. The van der Waals surface area contributed by atoms with Gasteiger partial charge < -0.3 is 20.0 Å². The summed E-state index contributed by atoms with van der Waals surface area (Å²) in [6, 6.07) is 13.1. The highest BCUT2D eigenvalue weighted by Gasteiger charge is 2.19. The van der Waals surface area contributed by atoms with E-state index in [0.717, 1.165) is 27.7 Å². The number of benzene rings is 2. The molecule has 2 aromatic carbocycles. The van der Waals surface area contributed by atoms with Gasteiger partial charge in [-0.3, -0.25) is 9.59 Å². The molecular formula is C20H18BrN3O3. The molecule has 0 unspecified atom stereocenters. The molecule has 2 N–H and O–H groups in total. The molecule has 0 saturated carbocycles. The van der Waals surface area contributed by atoms with Crippen molar-refractivity contribution < 1.29 is 14.0 Å². The molecular weight excluding hydrogens is 410 g/mol. The van der Waals surface area contributed by atoms with Crippen molar-refractivity contribution in [3.63, 3.8) is 0 Å². The highest BCUT2D eigenvalue weighted by atomic mass is 79.9. The van der Waals surface area contributed by atoms with Crippen LogP contribution in [0.5, 0.6) is 0 Å². The molecule has 0 aliphatic carbocycles. The number of carbonyl (C=O) groups excluding carboxylic acids is 2. The van der Waals surface area contributed by atoms with Gasteiger partial charge in [-0.15, -0.1) is 0 Å². The molecule has 27 heavy (non-hydrogen) atoms. The van der Waals surface area contributed by atoms with Crippen LogP contribution in [-0.2, 0) is 4.79 Å². The first-order chi connectivity index (χ1) is 13.0. The van der Waals surface area contributed by atoms with E-state index in [0.29, 0.717) is 30.1 Å². The van der Waals surface area contributed by atoms with Crippen molar-refractivity contribution in [3.8, 4) is 0 Å². The summed E-state index contributed by atoms with van der Waals surface area (Å²) in [6.07, 6.45) is 0. The van der Waals surface area contributed by atoms with E-state index in [-0.39, 0.29) is 11.8 Å². The lowest BCUT2D eigenvalue weighted by Crippen LogP contribution is -2.47. The first-order valence-electron chi connectivity index (χ1n) is 8.63. The Morgan fingerprint density at radius 1 is 1.22 bits per heavy atom. The molecule has 0 radical (unpaired) electrons. The lowest BCUT2D eigenvalue weighted by atomic mass is 10.1. The second-order valence-electron chi connectivity index (χ2n) is 6.47. The smallest absolute Gasteiger partial charge is 0.291 e. The highest BCUT2D eigenvalue weighted by molar-refractivity contribution is 9.10. The summed E-state index contributed by atoms with van der Waals surface area (Å²) in [6.45, 7) is 3.63. The number of halogens is 1. The number of amides is 2. The Hall–Kier alpha value is -2.80. The minimum atomic E-state index is -0.287. The zero-order valence-electron chi connectivity index (χ0n) is 14.7. The van der Waals surface area contributed by atoms with Crippen molar-refractivity contribution in [2.24, 2.45) is 0 Å². The third-order valence-corrected chi connectivity index (χ3v) is 5.13. The Kier molecular flexibility index (Phi) is 4.61. The van der Waals surface area contributed by atoms with Gasteiger partial charge >= 0.3 is 0 Å². The van der Waals surface area contributed by atoms with E-state index in [2.05, 4.69) is 26.6 Å². The van der Waals surface area contributed by atoms with E-state index >= 15 is 0 Å². The largest absolute Gasteiger partial charge is 0.451 e. The fourth-order valence-electron chi connectivity index (χ4n) is 3.21. The Labute approximate surface area is 164 Å². The first kappa shape index (κ1) is 17.6. The minimum absolute atomic E-state index is 0.0191. The summed E-state index contributed by atoms with van der Waals surface area (Å²) < 4.78 is 6.67. The van der Waals surface area contributed by atoms with Gasteiger partial charge in [-0.2, -0.15) is 0 Å². The fraction of sp³-hybridized carbons (Fsp3) is 0.200. The number of hydrogen-bond acceptors (Lipinski definition) is 4. The summed E-state index contributed by atoms with van der Waals surface area (Å²) in [5, 5.41) is 6.59. The van der Waals surface area contributed by atoms with Crippen LogP contribution in [0.1, 0.15) is 16.1 Å². The van der Waals surface area contributed by atoms with Crippen LogP contribution in [0.3, 0.4) is 0 Å². The quantitative estimate of drug-likeness (QED) is 0.668. The van der Waals surface area contributed by atoms with Crippen molar-refractivity contribution in [1.29, 1.82) is 0 Å². The van der Waals surface area contributed by atoms with Gasteiger partial charge in [0.15, 0.2) is 5.76 Å². The van der Waals surface area contributed by atoms with E-state index < -0.39 is 0 Å². The van der Waals surface area contributed by atoms with Gasteiger partial charge in [-0.05, 0) is 49.4 Å². The molecule has 1 aliphatic rings. The molecule has 3 aromatic rings. The van der Waals surface area contributed by atoms with E-state index in [1.807, 2.05) is 54.3 Å². The predicted octanol–water partition coefficient (Wildman–Crippen LogP) is 3.69. The number of carbonyl (C=O) groups is 2. The molecule has 0 spiro atoms. The number of fused-ring (bicyclic) bond motifs is 1. The molecule has 1 aromatic heterocycles. The highest BCUT2D eigenvalue weighted by Crippen LogP contribution is 2.29. The van der Waals surface area contributed by atoms with E-state index in [4.69, 9.17) is 4.42 Å². The lowest BCUT2D eigenvalue weighted by molar-refractivity contribution is -0.120. The fourth-order valence-corrected chi connectivity index (χ4v) is 3.57. The van der Waals surface area contributed by atoms with Crippen molar-refractivity contribution in [3.05, 3.63) is 58.3 Å². The third-order valence-electron chi connectivity index (χ3n) is 4.63. The maximum Gasteiger partial charge on any atom is 0.291 e. The van der Waals surface area contributed by atoms with Crippen LogP contribution in [0.2, 0.25) is 0 Å². The zero-order valence-corrected chi connectivity index (χ0v) is 16.3. The maximum atomic E-state index is 12.6. The van der Waals surface area contributed by atoms with Gasteiger partial charge in [0, 0.05) is 39.9 Å². The number of anilines is 2. The van der Waals surface area contributed by atoms with Gasteiger partial charge in [0.1, 0.15) is 5.58 Å². The van der Waals surface area contributed by atoms with Crippen LogP contribution >= 0.6 is 15.9 Å². The second-order valence-corrected chi connectivity index (χ2v) is 7.38. The number of rotatable bonds is 3. The van der Waals surface area contributed by atoms with Crippen LogP contribution in [0.15, 0.2) is 51.4 Å². The minimum Gasteiger partial charge on any atom is -0.451 e. The number of furan rings is 1. The summed E-state index contributed by atoms with van der Waals surface area (Å²) in [7, 11) is 0. The summed E-state index contributed by atoms with van der Waals surface area (Å²) >= 11 is 3.44. The third kappa shape index (κ3) is 3.55. The SMILES string of the molecule is Cc1c(C(=O)Nc2ccc(N3CCNC(=O)C3)cc2)oc2ccc(Br)cc12. The molecule has 6 nitrogen and oxygen atoms in total. The zero-order chi connectivity index (χ0) is 19.0. The molecule has 7 heteroatoms. The molecule has 1 fully saturated rings. The number of piperazine rings is 1. The molecule has 2 amide bonds. The Balaban J connectivity index is 1.51. The average molecular weight is 428 g/mol. The van der Waals surface area contributed by atoms with E-state index in [1.165, 1.54) is 0 Å². The van der Waals surface area contributed by atoms with Gasteiger partial charge in [-0.1, -0.05) is 15.9 Å². The topological polar surface area (TPSA) is 74.6 Å². The van der Waals surface area contributed by atoms with Crippen LogP contribution in [0, 0.1) is 6.92 Å². The Morgan fingerprint density at radius 2 is 2.00 bits per heavy atom. The van der Waals surface area contributed by atoms with Crippen LogP contribution < -0.4 is 15.5 Å². The van der Waals surface area contributed by atoms with Gasteiger partial charge in [0.05, 0.1) is 6.54 Å². The van der Waals surface area contributed by atoms with E-state index in [1.54, 1.807) is 0 Å². The molecule has 0 bridgehead atoms. The standard InChI is InChI=1S/C20H18BrN3O3/c1-12-16-10-13(21)2-7-17(16)27-19(12)20(26)23-14-3-5-15(6-4-14)24-9-8-22-18(25)11-24/h2-7,10H,8-9,11H2,1H3,(H,22,25)(H,23,26). The van der Waals surface area contributed by atoms with Crippen molar-refractivity contribution in [1.82, 2.24) is 5.32 Å². The number of nitrogens with one attached hydrogen (secondary N) is 2. The van der Waals surface area contributed by atoms with Gasteiger partial charge in [-0.25, -0.2) is 0 Å². The van der Waals surface area contributed by atoms with Crippen molar-refractivity contribution in [2.75, 3.05) is 29.9 Å². The molecule has 1 saturated heterocycles. The summed E-state index contributed by atoms with van der Waals surface area (Å²) in [5.74, 6) is 0.0374. The van der Waals surface area contributed by atoms with Gasteiger partial charge in [0.2, 0.25) is 5.91 Å². The van der Waals surface area contributed by atoms with E-state index in [9.17, 15) is 9.59 Å². The van der Waals surface area contributed by atoms with Crippen LogP contribution in [0.25, 0.3) is 11.0 Å². The number of aryl methyl sites for hydroxylation is 1. The normalized spacial score (nSPS) is 14.3. The van der Waals surface area contributed by atoms with Gasteiger partial charge in [0.25, 0.3) is 5.91 Å². The molecule has 138 valence electrons. The lowest BCUT2D eigenvalue weighted by Gasteiger charge is -2.28. The van der Waals surface area contributed by atoms with Crippen molar-refractivity contribution >= 4 is 50.1 Å². The number of hydrogen-bond donors (Lipinski definition) is 2. The first-order valence-corrected chi connectivity index (χ1v) is 9.42. The maximum absolute atomic E-state index is 12.6. The second kappa shape index (κ2) is 7.08. The summed E-state index contributed by atoms with van der Waals surface area (Å²) in [4.78, 5) is 26.2.